The summed E-state index contributed by atoms with van der Waals surface area (Å²) in [6, 6.07) is 3.65. The predicted octanol–water partition coefficient (Wildman–Crippen LogP) is 2.40. The molecule has 1 aromatic rings. The first-order valence-corrected chi connectivity index (χ1v) is 6.51. The predicted molar refractivity (Wildman–Crippen MR) is 55.6 cm³/mol. The van der Waals surface area contributed by atoms with Crippen LogP contribution in [0.5, 0.6) is 5.75 Å². The van der Waals surface area contributed by atoms with E-state index in [9.17, 15) is 17.2 Å². The van der Waals surface area contributed by atoms with Crippen molar-refractivity contribution < 1.29 is 21.9 Å². The van der Waals surface area contributed by atoms with E-state index in [0.29, 0.717) is 0 Å². The molecule has 0 N–H and O–H groups in total. The summed E-state index contributed by atoms with van der Waals surface area (Å²) in [5, 5.41) is 8.65. The van der Waals surface area contributed by atoms with Crippen molar-refractivity contribution in [2.75, 3.05) is 0 Å². The maximum atomic E-state index is 12.1. The molecule has 0 aliphatic heterocycles. The lowest BCUT2D eigenvalue weighted by Gasteiger charge is -2.10. The Balaban J connectivity index is 3.48. The maximum absolute atomic E-state index is 12.1. The summed E-state index contributed by atoms with van der Waals surface area (Å²) < 4.78 is 50.6. The van der Waals surface area contributed by atoms with Crippen LogP contribution in [0, 0.1) is 18.3 Å². The van der Waals surface area contributed by atoms with E-state index in [-0.39, 0.29) is 11.1 Å². The van der Waals surface area contributed by atoms with Crippen LogP contribution in [0.4, 0.5) is 8.78 Å². The highest BCUT2D eigenvalue weighted by molar-refractivity contribution is 8.13. The molecule has 1 rings (SSSR count). The molecule has 4 nitrogen and oxygen atoms in total. The average Bonchev–Trinajstić information content (AvgIpc) is 2.18. The molecule has 0 spiro atoms. The van der Waals surface area contributed by atoms with E-state index in [4.69, 9.17) is 15.9 Å². The molecular weight excluding hydrogens is 276 g/mol. The van der Waals surface area contributed by atoms with E-state index in [1.807, 2.05) is 0 Å². The lowest BCUT2D eigenvalue weighted by Crippen LogP contribution is -2.06. The van der Waals surface area contributed by atoms with Crippen LogP contribution in [0.3, 0.4) is 0 Å². The average molecular weight is 282 g/mol. The van der Waals surface area contributed by atoms with Gasteiger partial charge in [-0.3, -0.25) is 0 Å². The van der Waals surface area contributed by atoms with Gasteiger partial charge in [0.25, 0.3) is 9.05 Å². The number of benzene rings is 1. The third-order valence-corrected chi connectivity index (χ3v) is 3.37. The van der Waals surface area contributed by atoms with Crippen molar-refractivity contribution in [3.63, 3.8) is 0 Å². The molecule has 1 aromatic carbocycles. The zero-order chi connectivity index (χ0) is 13.2. The van der Waals surface area contributed by atoms with Crippen LogP contribution in [-0.2, 0) is 9.05 Å². The van der Waals surface area contributed by atoms with Crippen molar-refractivity contribution in [1.82, 2.24) is 0 Å². The van der Waals surface area contributed by atoms with E-state index in [1.54, 1.807) is 6.07 Å². The van der Waals surface area contributed by atoms with Gasteiger partial charge in [-0.05, 0) is 19.1 Å². The van der Waals surface area contributed by atoms with Crippen LogP contribution < -0.4 is 4.74 Å². The van der Waals surface area contributed by atoms with Crippen molar-refractivity contribution in [3.05, 3.63) is 23.3 Å². The molecule has 17 heavy (non-hydrogen) atoms. The van der Waals surface area contributed by atoms with Gasteiger partial charge in [-0.1, -0.05) is 0 Å². The molecule has 0 saturated heterocycles. The smallest absolute Gasteiger partial charge is 0.387 e. The summed E-state index contributed by atoms with van der Waals surface area (Å²) in [6.07, 6.45) is 0. The van der Waals surface area contributed by atoms with Crippen LogP contribution in [0.1, 0.15) is 11.1 Å². The number of hydrogen-bond acceptors (Lipinski definition) is 4. The Morgan fingerprint density at radius 2 is 2.06 bits per heavy atom. The Kier molecular flexibility index (Phi) is 3.91. The molecule has 0 saturated carbocycles. The fourth-order valence-electron chi connectivity index (χ4n) is 1.20. The maximum Gasteiger partial charge on any atom is 0.387 e. The van der Waals surface area contributed by atoms with E-state index in [1.165, 1.54) is 6.92 Å². The van der Waals surface area contributed by atoms with Gasteiger partial charge in [0.15, 0.2) is 0 Å². The highest BCUT2D eigenvalue weighted by Gasteiger charge is 2.20. The van der Waals surface area contributed by atoms with Gasteiger partial charge in [0, 0.05) is 16.2 Å². The van der Waals surface area contributed by atoms with Crippen LogP contribution in [0.15, 0.2) is 17.0 Å². The Labute approximate surface area is 101 Å². The van der Waals surface area contributed by atoms with Gasteiger partial charge in [0.2, 0.25) is 0 Å². The number of rotatable bonds is 3. The van der Waals surface area contributed by atoms with Gasteiger partial charge < -0.3 is 4.74 Å². The highest BCUT2D eigenvalue weighted by Crippen LogP contribution is 2.30. The standard InChI is InChI=1S/C9H6ClF2NO3S/c1-5-7(16-9(11)12)2-6(4-13)3-8(5)17(10,14)15/h2-3,9H,1H3. The molecule has 0 unspecified atom stereocenters. The van der Waals surface area contributed by atoms with Gasteiger partial charge >= 0.3 is 6.61 Å². The summed E-state index contributed by atoms with van der Waals surface area (Å²) in [4.78, 5) is -0.422. The minimum absolute atomic E-state index is 0.0701. The quantitative estimate of drug-likeness (QED) is 0.798. The van der Waals surface area contributed by atoms with Crippen molar-refractivity contribution in [2.45, 2.75) is 18.4 Å². The SMILES string of the molecule is Cc1c(OC(F)F)cc(C#N)cc1S(=O)(=O)Cl. The molecule has 0 amide bonds. The second-order valence-electron chi connectivity index (χ2n) is 3.03. The van der Waals surface area contributed by atoms with E-state index in [2.05, 4.69) is 4.74 Å². The molecule has 8 heteroatoms. The number of nitrogens with zero attached hydrogens (tertiary/aromatic N) is 1. The molecule has 0 fully saturated rings. The fraction of sp³-hybridized carbons (Fsp3) is 0.222. The largest absolute Gasteiger partial charge is 0.434 e. The molecule has 0 atom stereocenters. The third kappa shape index (κ3) is 3.28. The number of nitriles is 1. The number of hydrogen-bond donors (Lipinski definition) is 0. The lowest BCUT2D eigenvalue weighted by molar-refractivity contribution is -0.0504. The molecule has 0 bridgehead atoms. The Morgan fingerprint density at radius 3 is 2.47 bits per heavy atom. The summed E-state index contributed by atoms with van der Waals surface area (Å²) in [5.41, 5.74) is -0.204. The second kappa shape index (κ2) is 4.85. The zero-order valence-electron chi connectivity index (χ0n) is 8.45. The normalized spacial score (nSPS) is 11.3. The summed E-state index contributed by atoms with van der Waals surface area (Å²) in [6.45, 7) is -1.86. The van der Waals surface area contributed by atoms with Crippen molar-refractivity contribution in [3.8, 4) is 11.8 Å². The Morgan fingerprint density at radius 1 is 1.47 bits per heavy atom. The van der Waals surface area contributed by atoms with Gasteiger partial charge in [0.1, 0.15) is 5.75 Å². The molecular formula is C9H6ClF2NO3S. The van der Waals surface area contributed by atoms with Gasteiger partial charge in [-0.2, -0.15) is 14.0 Å². The molecule has 0 aliphatic rings. The first-order valence-electron chi connectivity index (χ1n) is 4.20. The summed E-state index contributed by atoms with van der Waals surface area (Å²) in [5.74, 6) is -0.390. The molecule has 0 heterocycles. The summed E-state index contributed by atoms with van der Waals surface area (Å²) in [7, 11) is 0.993. The molecule has 0 aliphatic carbocycles. The van der Waals surface area contributed by atoms with Crippen molar-refractivity contribution in [1.29, 1.82) is 5.26 Å². The Bertz CT molecular complexity index is 581. The topological polar surface area (TPSA) is 67.2 Å². The highest BCUT2D eigenvalue weighted by atomic mass is 35.7. The first-order chi connectivity index (χ1) is 7.75. The zero-order valence-corrected chi connectivity index (χ0v) is 10.0. The van der Waals surface area contributed by atoms with Gasteiger partial charge in [0.05, 0.1) is 16.5 Å². The van der Waals surface area contributed by atoms with Gasteiger partial charge in [-0.15, -0.1) is 0 Å². The van der Waals surface area contributed by atoms with Crippen molar-refractivity contribution in [2.24, 2.45) is 0 Å². The van der Waals surface area contributed by atoms with E-state index < -0.39 is 26.3 Å². The van der Waals surface area contributed by atoms with E-state index in [0.717, 1.165) is 12.1 Å². The van der Waals surface area contributed by atoms with Crippen LogP contribution in [0.25, 0.3) is 0 Å². The Hall–Kier alpha value is -1.39. The van der Waals surface area contributed by atoms with Crippen molar-refractivity contribution >= 4 is 19.7 Å². The second-order valence-corrected chi connectivity index (χ2v) is 5.56. The first kappa shape index (κ1) is 13.7. The van der Waals surface area contributed by atoms with Crippen LogP contribution in [-0.4, -0.2) is 15.0 Å². The molecule has 92 valence electrons. The van der Waals surface area contributed by atoms with E-state index >= 15 is 0 Å². The van der Waals surface area contributed by atoms with Crippen LogP contribution >= 0.6 is 10.7 Å². The monoisotopic (exact) mass is 281 g/mol. The number of ether oxygens (including phenoxy) is 1. The number of halogens is 3. The van der Waals surface area contributed by atoms with Gasteiger partial charge in [-0.25, -0.2) is 8.42 Å². The number of alkyl halides is 2. The molecule has 0 radical (unpaired) electrons. The lowest BCUT2D eigenvalue weighted by atomic mass is 10.1. The summed E-state index contributed by atoms with van der Waals surface area (Å²) >= 11 is 0. The minimum Gasteiger partial charge on any atom is -0.434 e. The minimum atomic E-state index is -4.13. The molecule has 0 aromatic heterocycles. The fourth-order valence-corrected chi connectivity index (χ4v) is 2.41. The van der Waals surface area contributed by atoms with Crippen LogP contribution in [0.2, 0.25) is 0 Å². The third-order valence-electron chi connectivity index (χ3n) is 1.92.